The van der Waals surface area contributed by atoms with Crippen molar-refractivity contribution >= 4 is 0 Å². The van der Waals surface area contributed by atoms with Gasteiger partial charge >= 0.3 is 0 Å². The van der Waals surface area contributed by atoms with Crippen LogP contribution in [0, 0.1) is 5.92 Å². The first kappa shape index (κ1) is 16.3. The molecule has 0 aromatic heterocycles. The van der Waals surface area contributed by atoms with Crippen molar-refractivity contribution in [3.63, 3.8) is 0 Å². The lowest BCUT2D eigenvalue weighted by Gasteiger charge is -2.28. The molecule has 0 spiro atoms. The molecule has 0 heterocycles. The molecule has 0 saturated carbocycles. The molecular weight excluding hydrogens is 228 g/mol. The molecule has 0 N–H and O–H groups in total. The lowest BCUT2D eigenvalue weighted by atomic mass is 9.76. The summed E-state index contributed by atoms with van der Waals surface area (Å²) in [5.41, 5.74) is 3.52. The van der Waals surface area contributed by atoms with Gasteiger partial charge in [-0.1, -0.05) is 79.2 Å². The summed E-state index contributed by atoms with van der Waals surface area (Å²) in [6.45, 7) is 16.3. The Morgan fingerprint density at radius 3 is 1.63 bits per heavy atom. The standard InChI is InChI=1S/C19H32/c1-8-18(4,5)16-9-11-17(12-10-16)19(6,7)14-13-15(2)3/h9-12,15H,8,13-14H2,1-7H3. The number of rotatable bonds is 6. The highest BCUT2D eigenvalue weighted by Crippen LogP contribution is 2.32. The molecule has 0 bridgehead atoms. The number of hydrogen-bond acceptors (Lipinski definition) is 0. The Morgan fingerprint density at radius 2 is 1.26 bits per heavy atom. The van der Waals surface area contributed by atoms with Crippen molar-refractivity contribution in [1.29, 1.82) is 0 Å². The van der Waals surface area contributed by atoms with Crippen molar-refractivity contribution in [1.82, 2.24) is 0 Å². The molecule has 0 aliphatic heterocycles. The molecule has 108 valence electrons. The maximum atomic E-state index is 2.37. The second-order valence-electron chi connectivity index (χ2n) is 7.63. The van der Waals surface area contributed by atoms with Crippen LogP contribution < -0.4 is 0 Å². The molecule has 0 fully saturated rings. The molecule has 1 aromatic carbocycles. The van der Waals surface area contributed by atoms with Crippen molar-refractivity contribution in [2.24, 2.45) is 5.92 Å². The van der Waals surface area contributed by atoms with Crippen molar-refractivity contribution in [3.8, 4) is 0 Å². The Balaban J connectivity index is 2.86. The van der Waals surface area contributed by atoms with Gasteiger partial charge in [0.15, 0.2) is 0 Å². The van der Waals surface area contributed by atoms with Crippen molar-refractivity contribution in [2.75, 3.05) is 0 Å². The topological polar surface area (TPSA) is 0 Å². The van der Waals surface area contributed by atoms with E-state index in [2.05, 4.69) is 72.7 Å². The number of benzene rings is 1. The van der Waals surface area contributed by atoms with Gasteiger partial charge in [-0.2, -0.15) is 0 Å². The normalized spacial score (nSPS) is 13.1. The Morgan fingerprint density at radius 1 is 0.842 bits per heavy atom. The van der Waals surface area contributed by atoms with Crippen molar-refractivity contribution < 1.29 is 0 Å². The summed E-state index contributed by atoms with van der Waals surface area (Å²) in [4.78, 5) is 0. The summed E-state index contributed by atoms with van der Waals surface area (Å²) in [5.74, 6) is 0.789. The van der Waals surface area contributed by atoms with Gasteiger partial charge in [-0.15, -0.1) is 0 Å². The zero-order valence-corrected chi connectivity index (χ0v) is 14.0. The fourth-order valence-electron chi connectivity index (χ4n) is 2.37. The van der Waals surface area contributed by atoms with Crippen LogP contribution in [-0.4, -0.2) is 0 Å². The Bertz CT molecular complexity index is 379. The lowest BCUT2D eigenvalue weighted by Crippen LogP contribution is -2.19. The predicted molar refractivity (Wildman–Crippen MR) is 86.9 cm³/mol. The van der Waals surface area contributed by atoms with Crippen molar-refractivity contribution in [3.05, 3.63) is 35.4 Å². The summed E-state index contributed by atoms with van der Waals surface area (Å²) in [6, 6.07) is 9.34. The third kappa shape index (κ3) is 4.37. The fourth-order valence-corrected chi connectivity index (χ4v) is 2.37. The molecule has 0 aliphatic carbocycles. The second-order valence-corrected chi connectivity index (χ2v) is 7.63. The van der Waals surface area contributed by atoms with Gasteiger partial charge in [0.1, 0.15) is 0 Å². The monoisotopic (exact) mass is 260 g/mol. The molecule has 0 atom stereocenters. The van der Waals surface area contributed by atoms with E-state index in [-0.39, 0.29) is 0 Å². The van der Waals surface area contributed by atoms with Crippen molar-refractivity contribution in [2.45, 2.75) is 78.6 Å². The lowest BCUT2D eigenvalue weighted by molar-refractivity contribution is 0.414. The molecule has 0 unspecified atom stereocenters. The van der Waals surface area contributed by atoms with E-state index in [1.54, 1.807) is 0 Å². The molecule has 0 heteroatoms. The van der Waals surface area contributed by atoms with Gasteiger partial charge in [-0.25, -0.2) is 0 Å². The Hall–Kier alpha value is -0.780. The zero-order chi connectivity index (χ0) is 14.7. The van der Waals surface area contributed by atoms with E-state index in [9.17, 15) is 0 Å². The molecule has 19 heavy (non-hydrogen) atoms. The minimum Gasteiger partial charge on any atom is -0.0646 e. The van der Waals surface area contributed by atoms with Crippen LogP contribution >= 0.6 is 0 Å². The summed E-state index contributed by atoms with van der Waals surface area (Å²) in [5, 5.41) is 0. The van der Waals surface area contributed by atoms with Gasteiger partial charge in [-0.3, -0.25) is 0 Å². The van der Waals surface area contributed by atoms with Crippen LogP contribution in [-0.2, 0) is 10.8 Å². The average molecular weight is 260 g/mol. The summed E-state index contributed by atoms with van der Waals surface area (Å²) < 4.78 is 0. The van der Waals surface area contributed by atoms with Crippen LogP contribution in [0.25, 0.3) is 0 Å². The Labute approximate surface area is 120 Å². The van der Waals surface area contributed by atoms with E-state index < -0.39 is 0 Å². The van der Waals surface area contributed by atoms with Crippen LogP contribution in [0.2, 0.25) is 0 Å². The predicted octanol–water partition coefficient (Wildman–Crippen LogP) is 6.09. The largest absolute Gasteiger partial charge is 0.0646 e. The molecule has 0 saturated heterocycles. The SMILES string of the molecule is CCC(C)(C)c1ccc(C(C)(C)CCC(C)C)cc1. The average Bonchev–Trinajstić information content (AvgIpc) is 2.37. The van der Waals surface area contributed by atoms with Gasteiger partial charge in [0.25, 0.3) is 0 Å². The first-order valence-electron chi connectivity index (χ1n) is 7.80. The zero-order valence-electron chi connectivity index (χ0n) is 14.0. The highest BCUT2D eigenvalue weighted by Gasteiger charge is 2.22. The van der Waals surface area contributed by atoms with E-state index in [0.717, 1.165) is 5.92 Å². The minimum absolute atomic E-state index is 0.291. The summed E-state index contributed by atoms with van der Waals surface area (Å²) >= 11 is 0. The summed E-state index contributed by atoms with van der Waals surface area (Å²) in [7, 11) is 0. The van der Waals surface area contributed by atoms with Gasteiger partial charge in [-0.05, 0) is 40.7 Å². The molecule has 0 aliphatic rings. The maximum Gasteiger partial charge on any atom is -0.0103 e. The second kappa shape index (κ2) is 6.11. The van der Waals surface area contributed by atoms with Crippen LogP contribution in [0.3, 0.4) is 0 Å². The minimum atomic E-state index is 0.291. The van der Waals surface area contributed by atoms with Crippen LogP contribution in [0.5, 0.6) is 0 Å². The van der Waals surface area contributed by atoms with Crippen LogP contribution in [0.4, 0.5) is 0 Å². The molecule has 0 radical (unpaired) electrons. The number of hydrogen-bond donors (Lipinski definition) is 0. The van der Waals surface area contributed by atoms with Gasteiger partial charge in [0.2, 0.25) is 0 Å². The molecule has 0 nitrogen and oxygen atoms in total. The Kier molecular flexibility index (Phi) is 5.24. The molecular formula is C19H32. The quantitative estimate of drug-likeness (QED) is 0.580. The fraction of sp³-hybridized carbons (Fsp3) is 0.684. The van der Waals surface area contributed by atoms with Crippen LogP contribution in [0.1, 0.15) is 78.9 Å². The highest BCUT2D eigenvalue weighted by atomic mass is 14.3. The van der Waals surface area contributed by atoms with E-state index in [0.29, 0.717) is 10.8 Å². The first-order chi connectivity index (χ1) is 8.69. The van der Waals surface area contributed by atoms with Gasteiger partial charge in [0, 0.05) is 0 Å². The van der Waals surface area contributed by atoms with E-state index in [1.165, 1.54) is 30.4 Å². The van der Waals surface area contributed by atoms with E-state index >= 15 is 0 Å². The molecule has 0 amide bonds. The third-order valence-corrected chi connectivity index (χ3v) is 4.68. The smallest absolute Gasteiger partial charge is 0.0103 e. The third-order valence-electron chi connectivity index (χ3n) is 4.68. The van der Waals surface area contributed by atoms with Gasteiger partial charge < -0.3 is 0 Å². The summed E-state index contributed by atoms with van der Waals surface area (Å²) in [6.07, 6.45) is 3.75. The van der Waals surface area contributed by atoms with Crippen LogP contribution in [0.15, 0.2) is 24.3 Å². The molecule has 1 aromatic rings. The molecule has 1 rings (SSSR count). The van der Waals surface area contributed by atoms with E-state index in [4.69, 9.17) is 0 Å². The van der Waals surface area contributed by atoms with E-state index in [1.807, 2.05) is 0 Å². The first-order valence-corrected chi connectivity index (χ1v) is 7.80. The highest BCUT2D eigenvalue weighted by molar-refractivity contribution is 5.31. The maximum absolute atomic E-state index is 2.37. The van der Waals surface area contributed by atoms with Gasteiger partial charge in [0.05, 0.1) is 0 Å².